The Morgan fingerprint density at radius 1 is 1.33 bits per heavy atom. The molecule has 0 spiro atoms. The molecule has 0 bridgehead atoms. The summed E-state index contributed by atoms with van der Waals surface area (Å²) >= 11 is 3.19. The third kappa shape index (κ3) is 3.29. The molecule has 2 aromatic rings. The lowest BCUT2D eigenvalue weighted by molar-refractivity contribution is 0.620. The van der Waals surface area contributed by atoms with Crippen LogP contribution >= 0.6 is 15.9 Å². The van der Waals surface area contributed by atoms with Gasteiger partial charge in [-0.25, -0.2) is 4.39 Å². The van der Waals surface area contributed by atoms with Gasteiger partial charge in [0.1, 0.15) is 5.82 Å². The van der Waals surface area contributed by atoms with Gasteiger partial charge >= 0.3 is 0 Å². The number of pyridine rings is 1. The molecule has 1 aromatic heterocycles. The molecule has 0 saturated heterocycles. The quantitative estimate of drug-likeness (QED) is 0.925. The summed E-state index contributed by atoms with van der Waals surface area (Å²) in [4.78, 5) is 4.25. The maximum Gasteiger partial charge on any atom is 0.137 e. The van der Waals surface area contributed by atoms with Crippen molar-refractivity contribution in [1.82, 2.24) is 4.98 Å². The second-order valence-corrected chi connectivity index (χ2v) is 4.93. The summed E-state index contributed by atoms with van der Waals surface area (Å²) in [6.07, 6.45) is 2.63. The molecule has 1 N–H and O–H groups in total. The fraction of sp³-hybridized carbons (Fsp3) is 0.214. The standard InChI is InChI=1S/C14H14BrFN2/c1-10-8-13(16)12(15)9-14(10)18-7-5-11-4-2-3-6-17-11/h2-4,6,8-9,18H,5,7H2,1H3. The average molecular weight is 309 g/mol. The Hall–Kier alpha value is -1.42. The van der Waals surface area contributed by atoms with Gasteiger partial charge in [-0.1, -0.05) is 6.07 Å². The fourth-order valence-corrected chi connectivity index (χ4v) is 2.05. The molecule has 94 valence electrons. The number of nitrogens with one attached hydrogen (secondary N) is 1. The van der Waals surface area contributed by atoms with E-state index >= 15 is 0 Å². The third-order valence-electron chi connectivity index (χ3n) is 2.69. The molecule has 1 aromatic carbocycles. The topological polar surface area (TPSA) is 24.9 Å². The van der Waals surface area contributed by atoms with Gasteiger partial charge in [-0.2, -0.15) is 0 Å². The number of anilines is 1. The van der Waals surface area contributed by atoms with Gasteiger partial charge < -0.3 is 5.32 Å². The van der Waals surface area contributed by atoms with Crippen molar-refractivity contribution < 1.29 is 4.39 Å². The maximum absolute atomic E-state index is 13.3. The predicted octanol–water partition coefficient (Wildman–Crippen LogP) is 3.95. The Morgan fingerprint density at radius 3 is 2.89 bits per heavy atom. The first-order valence-electron chi connectivity index (χ1n) is 5.76. The number of aromatic nitrogens is 1. The first kappa shape index (κ1) is 13.0. The number of nitrogens with zero attached hydrogens (tertiary/aromatic N) is 1. The molecule has 18 heavy (non-hydrogen) atoms. The van der Waals surface area contributed by atoms with Crippen molar-refractivity contribution in [3.63, 3.8) is 0 Å². The van der Waals surface area contributed by atoms with Crippen LogP contribution in [-0.2, 0) is 6.42 Å². The van der Waals surface area contributed by atoms with E-state index in [1.54, 1.807) is 12.3 Å². The Labute approximate surface area is 114 Å². The molecule has 0 aliphatic carbocycles. The molecule has 4 heteroatoms. The highest BCUT2D eigenvalue weighted by Crippen LogP contribution is 2.24. The molecule has 0 unspecified atom stereocenters. The summed E-state index contributed by atoms with van der Waals surface area (Å²) in [5, 5.41) is 3.29. The van der Waals surface area contributed by atoms with Gasteiger partial charge in [-0.05, 0) is 52.7 Å². The van der Waals surface area contributed by atoms with E-state index < -0.39 is 0 Å². The van der Waals surface area contributed by atoms with Crippen LogP contribution in [0.3, 0.4) is 0 Å². The van der Waals surface area contributed by atoms with Crippen molar-refractivity contribution >= 4 is 21.6 Å². The lowest BCUT2D eigenvalue weighted by Gasteiger charge is -2.10. The van der Waals surface area contributed by atoms with E-state index in [1.807, 2.05) is 25.1 Å². The minimum absolute atomic E-state index is 0.234. The number of aryl methyl sites for hydroxylation is 1. The molecule has 0 radical (unpaired) electrons. The molecule has 0 saturated carbocycles. The Balaban J connectivity index is 1.97. The zero-order chi connectivity index (χ0) is 13.0. The van der Waals surface area contributed by atoms with E-state index in [4.69, 9.17) is 0 Å². The second-order valence-electron chi connectivity index (χ2n) is 4.08. The van der Waals surface area contributed by atoms with Crippen molar-refractivity contribution in [2.75, 3.05) is 11.9 Å². The summed E-state index contributed by atoms with van der Waals surface area (Å²) in [6.45, 7) is 2.66. The minimum atomic E-state index is -0.234. The summed E-state index contributed by atoms with van der Waals surface area (Å²) in [6, 6.07) is 9.16. The van der Waals surface area contributed by atoms with Gasteiger partial charge in [-0.15, -0.1) is 0 Å². The highest BCUT2D eigenvalue weighted by atomic mass is 79.9. The molecule has 2 rings (SSSR count). The number of hydrogen-bond donors (Lipinski definition) is 1. The van der Waals surface area contributed by atoms with Crippen molar-refractivity contribution in [2.24, 2.45) is 0 Å². The fourth-order valence-electron chi connectivity index (χ4n) is 1.71. The number of halogens is 2. The molecular formula is C14H14BrFN2. The van der Waals surface area contributed by atoms with E-state index in [1.165, 1.54) is 6.07 Å². The van der Waals surface area contributed by atoms with Crippen LogP contribution in [0.5, 0.6) is 0 Å². The molecule has 0 aliphatic heterocycles. The van der Waals surface area contributed by atoms with Crippen molar-refractivity contribution in [2.45, 2.75) is 13.3 Å². The Morgan fingerprint density at radius 2 is 2.17 bits per heavy atom. The smallest absolute Gasteiger partial charge is 0.137 e. The van der Waals surface area contributed by atoms with Crippen molar-refractivity contribution in [3.8, 4) is 0 Å². The predicted molar refractivity (Wildman–Crippen MR) is 75.3 cm³/mol. The average Bonchev–Trinajstić information content (AvgIpc) is 2.37. The Bertz CT molecular complexity index is 529. The first-order valence-corrected chi connectivity index (χ1v) is 6.55. The number of hydrogen-bond acceptors (Lipinski definition) is 2. The lowest BCUT2D eigenvalue weighted by atomic mass is 10.2. The third-order valence-corrected chi connectivity index (χ3v) is 3.30. The van der Waals surface area contributed by atoms with Crippen LogP contribution in [0.4, 0.5) is 10.1 Å². The molecule has 0 atom stereocenters. The van der Waals surface area contributed by atoms with Gasteiger partial charge in [-0.3, -0.25) is 4.98 Å². The van der Waals surface area contributed by atoms with Crippen LogP contribution in [-0.4, -0.2) is 11.5 Å². The maximum atomic E-state index is 13.3. The van der Waals surface area contributed by atoms with Crippen LogP contribution in [0.25, 0.3) is 0 Å². The van der Waals surface area contributed by atoms with Gasteiger partial charge in [0.05, 0.1) is 4.47 Å². The zero-order valence-electron chi connectivity index (χ0n) is 10.1. The zero-order valence-corrected chi connectivity index (χ0v) is 11.7. The summed E-state index contributed by atoms with van der Waals surface area (Å²) < 4.78 is 13.7. The Kier molecular flexibility index (Phi) is 4.31. The molecule has 0 aliphatic rings. The highest BCUT2D eigenvalue weighted by Gasteiger charge is 2.04. The molecule has 0 amide bonds. The molecule has 0 fully saturated rings. The highest BCUT2D eigenvalue weighted by molar-refractivity contribution is 9.10. The number of rotatable bonds is 4. The van der Waals surface area contributed by atoms with Gasteiger partial charge in [0.2, 0.25) is 0 Å². The first-order chi connectivity index (χ1) is 8.66. The van der Waals surface area contributed by atoms with Gasteiger partial charge in [0.15, 0.2) is 0 Å². The van der Waals surface area contributed by atoms with Gasteiger partial charge in [0, 0.05) is 30.5 Å². The van der Waals surface area contributed by atoms with Crippen LogP contribution in [0.2, 0.25) is 0 Å². The van der Waals surface area contributed by atoms with Crippen LogP contribution in [0, 0.1) is 12.7 Å². The van der Waals surface area contributed by atoms with Crippen molar-refractivity contribution in [3.05, 3.63) is 58.1 Å². The van der Waals surface area contributed by atoms with Crippen LogP contribution in [0.15, 0.2) is 41.0 Å². The van der Waals surface area contributed by atoms with Gasteiger partial charge in [0.25, 0.3) is 0 Å². The van der Waals surface area contributed by atoms with E-state index in [0.717, 1.165) is 29.9 Å². The molecule has 1 heterocycles. The van der Waals surface area contributed by atoms with E-state index in [9.17, 15) is 4.39 Å². The summed E-state index contributed by atoms with van der Waals surface area (Å²) in [5.41, 5.74) is 2.89. The number of benzene rings is 1. The normalized spacial score (nSPS) is 10.4. The minimum Gasteiger partial charge on any atom is -0.384 e. The van der Waals surface area contributed by atoms with E-state index in [2.05, 4.69) is 26.2 Å². The summed E-state index contributed by atoms with van der Waals surface area (Å²) in [5.74, 6) is -0.234. The van der Waals surface area contributed by atoms with E-state index in [0.29, 0.717) is 4.47 Å². The summed E-state index contributed by atoms with van der Waals surface area (Å²) in [7, 11) is 0. The molecule has 2 nitrogen and oxygen atoms in total. The largest absolute Gasteiger partial charge is 0.384 e. The van der Waals surface area contributed by atoms with Crippen LogP contribution in [0.1, 0.15) is 11.3 Å². The molecular weight excluding hydrogens is 295 g/mol. The van der Waals surface area contributed by atoms with Crippen molar-refractivity contribution in [1.29, 1.82) is 0 Å². The lowest BCUT2D eigenvalue weighted by Crippen LogP contribution is -2.07. The SMILES string of the molecule is Cc1cc(F)c(Br)cc1NCCc1ccccn1. The van der Waals surface area contributed by atoms with E-state index in [-0.39, 0.29) is 5.82 Å². The monoisotopic (exact) mass is 308 g/mol. The second kappa shape index (κ2) is 5.96. The van der Waals surface area contributed by atoms with Crippen LogP contribution < -0.4 is 5.32 Å².